The Morgan fingerprint density at radius 3 is 2.12 bits per heavy atom. The van der Waals surface area contributed by atoms with E-state index in [9.17, 15) is 5.11 Å². The zero-order valence-electron chi connectivity index (χ0n) is 24.0. The van der Waals surface area contributed by atoms with Crippen molar-refractivity contribution in [1.29, 1.82) is 0 Å². The van der Waals surface area contributed by atoms with Crippen molar-refractivity contribution in [1.82, 2.24) is 0 Å². The molecule has 1 aromatic heterocycles. The van der Waals surface area contributed by atoms with E-state index in [1.165, 1.54) is 50.0 Å². The maximum atomic E-state index is 11.1. The Hall–Kier alpha value is -4.28. The van der Waals surface area contributed by atoms with Crippen LogP contribution in [0.3, 0.4) is 0 Å². The molecule has 6 aromatic rings. The van der Waals surface area contributed by atoms with Crippen LogP contribution in [0.15, 0.2) is 101 Å². The molecule has 0 bridgehead atoms. The van der Waals surface area contributed by atoms with Gasteiger partial charge in [0.25, 0.3) is 0 Å². The van der Waals surface area contributed by atoms with Crippen LogP contribution in [0, 0.1) is 0 Å². The first-order valence-corrected chi connectivity index (χ1v) is 14.3. The van der Waals surface area contributed by atoms with Crippen LogP contribution in [0.4, 0.5) is 0 Å². The average Bonchev–Trinajstić information content (AvgIpc) is 3.57. The number of furan rings is 1. The summed E-state index contributed by atoms with van der Waals surface area (Å²) in [6, 6.07) is 34.8. The predicted molar refractivity (Wildman–Crippen MR) is 169 cm³/mol. The van der Waals surface area contributed by atoms with E-state index in [4.69, 9.17) is 9.15 Å². The van der Waals surface area contributed by atoms with Gasteiger partial charge in [0.05, 0.1) is 11.0 Å². The average molecular weight is 534 g/mol. The minimum Gasteiger partial charge on any atom is -0.481 e. The molecule has 0 amide bonds. The zero-order valence-corrected chi connectivity index (χ0v) is 24.0. The molecular formula is C37H31BO3. The molecule has 0 fully saturated rings. The highest BCUT2D eigenvalue weighted by Gasteiger charge is 2.53. The second kappa shape index (κ2) is 7.93. The normalized spacial score (nSPS) is 17.1. The molecule has 200 valence electrons. The summed E-state index contributed by atoms with van der Waals surface area (Å²) in [7, 11) is 2.23. The fourth-order valence-corrected chi connectivity index (χ4v) is 7.22. The van der Waals surface area contributed by atoms with E-state index in [-0.39, 0.29) is 0 Å². The van der Waals surface area contributed by atoms with Crippen molar-refractivity contribution in [3.8, 4) is 28.0 Å². The van der Waals surface area contributed by atoms with Crippen molar-refractivity contribution in [2.75, 3.05) is 0 Å². The van der Waals surface area contributed by atoms with Gasteiger partial charge >= 0.3 is 0 Å². The van der Waals surface area contributed by atoms with E-state index in [0.29, 0.717) is 11.3 Å². The predicted octanol–water partition coefficient (Wildman–Crippen LogP) is 7.12. The molecule has 1 spiro atoms. The van der Waals surface area contributed by atoms with E-state index in [1.807, 2.05) is 26.0 Å². The fourth-order valence-electron chi connectivity index (χ4n) is 7.22. The van der Waals surface area contributed by atoms with E-state index in [2.05, 4.69) is 92.8 Å². The first kappa shape index (κ1) is 24.5. The molecule has 5 aromatic carbocycles. The van der Waals surface area contributed by atoms with Crippen LogP contribution in [0.1, 0.15) is 49.9 Å². The zero-order chi connectivity index (χ0) is 28.3. The van der Waals surface area contributed by atoms with Crippen molar-refractivity contribution in [3.63, 3.8) is 0 Å². The molecule has 8 rings (SSSR count). The van der Waals surface area contributed by atoms with Gasteiger partial charge in [-0.05, 0) is 84.3 Å². The molecule has 0 aliphatic heterocycles. The first-order chi connectivity index (χ1) is 19.6. The monoisotopic (exact) mass is 534 g/mol. The number of hydrogen-bond donors (Lipinski definition) is 1. The van der Waals surface area contributed by atoms with Crippen molar-refractivity contribution < 1.29 is 14.3 Å². The third kappa shape index (κ3) is 2.98. The molecule has 1 heterocycles. The number of aliphatic hydroxyl groups is 1. The van der Waals surface area contributed by atoms with Crippen LogP contribution in [0.5, 0.6) is 5.75 Å². The topological polar surface area (TPSA) is 42.6 Å². The van der Waals surface area contributed by atoms with Gasteiger partial charge in [0.2, 0.25) is 0 Å². The number of fused-ring (bicyclic) bond motifs is 14. The maximum Gasteiger partial charge on any atom is 0.177 e. The van der Waals surface area contributed by atoms with Gasteiger partial charge in [-0.25, -0.2) is 0 Å². The Kier molecular flexibility index (Phi) is 4.74. The van der Waals surface area contributed by atoms with Gasteiger partial charge < -0.3 is 14.3 Å². The summed E-state index contributed by atoms with van der Waals surface area (Å²) in [4.78, 5) is 0. The molecule has 0 saturated heterocycles. The summed E-state index contributed by atoms with van der Waals surface area (Å²) in [6.45, 7) is 7.45. The highest BCUT2D eigenvalue weighted by atomic mass is 16.5. The van der Waals surface area contributed by atoms with E-state index >= 15 is 0 Å². The molecule has 0 saturated carbocycles. The van der Waals surface area contributed by atoms with Gasteiger partial charge in [0.1, 0.15) is 19.0 Å². The Labute approximate surface area is 240 Å². The molecule has 0 radical (unpaired) electrons. The number of rotatable bonds is 3. The lowest BCUT2D eigenvalue weighted by molar-refractivity contribution is -0.0903. The number of ether oxygens (including phenoxy) is 1. The molecule has 2 aliphatic rings. The van der Waals surface area contributed by atoms with Crippen LogP contribution in [-0.2, 0) is 5.41 Å². The number of para-hydroxylation sites is 1. The van der Waals surface area contributed by atoms with Crippen LogP contribution < -0.4 is 10.2 Å². The van der Waals surface area contributed by atoms with Crippen LogP contribution in [0.25, 0.3) is 44.2 Å². The molecule has 4 heteroatoms. The van der Waals surface area contributed by atoms with Gasteiger partial charge in [0, 0.05) is 10.8 Å². The summed E-state index contributed by atoms with van der Waals surface area (Å²) < 4.78 is 13.4. The van der Waals surface area contributed by atoms with Crippen molar-refractivity contribution in [3.05, 3.63) is 119 Å². The highest BCUT2D eigenvalue weighted by Crippen LogP contribution is 2.64. The van der Waals surface area contributed by atoms with Crippen LogP contribution in [-0.4, -0.2) is 24.2 Å². The summed E-state index contributed by atoms with van der Waals surface area (Å²) in [5, 5.41) is 13.2. The maximum absolute atomic E-state index is 11.1. The minimum atomic E-state index is -1.09. The van der Waals surface area contributed by atoms with Crippen LogP contribution in [0.2, 0.25) is 0 Å². The molecule has 41 heavy (non-hydrogen) atoms. The molecule has 1 atom stereocenters. The Balaban J connectivity index is 1.60. The second-order valence-electron chi connectivity index (χ2n) is 12.6. The third-order valence-electron chi connectivity index (χ3n) is 9.73. The fraction of sp³-hybridized carbons (Fsp3) is 0.189. The summed E-state index contributed by atoms with van der Waals surface area (Å²) in [5.41, 5.74) is 10.4. The lowest BCUT2D eigenvalue weighted by atomic mass is 9.67. The third-order valence-corrected chi connectivity index (χ3v) is 9.73. The van der Waals surface area contributed by atoms with E-state index < -0.39 is 16.6 Å². The summed E-state index contributed by atoms with van der Waals surface area (Å²) >= 11 is 0. The first-order valence-electron chi connectivity index (χ1n) is 14.3. The summed E-state index contributed by atoms with van der Waals surface area (Å²) in [5.74, 6) is 0.647. The van der Waals surface area contributed by atoms with Crippen molar-refractivity contribution in [2.45, 2.75) is 44.3 Å². The highest BCUT2D eigenvalue weighted by molar-refractivity contribution is 6.35. The SMILES string of the molecule is Bc1cccc2c1C1(c3ccccc3-2)c2ccccc2-c2c1cc(OC(C)(C)C(C)(C)O)c1oc3ccccc3c21. The van der Waals surface area contributed by atoms with Gasteiger partial charge in [-0.1, -0.05) is 90.4 Å². The second-order valence-corrected chi connectivity index (χ2v) is 12.6. The quantitative estimate of drug-likeness (QED) is 0.246. The lowest BCUT2D eigenvalue weighted by Gasteiger charge is -2.38. The van der Waals surface area contributed by atoms with E-state index in [0.717, 1.165) is 16.4 Å². The standard InChI is InChI=1S/C37H31BO3/c1-35(2,39)36(3,4)41-30-20-27-31(32-24-14-7-10-19-29(24)40-34(30)32)23-13-6-9-17-26(23)37(27)25-16-8-5-12-21(25)22-15-11-18-28(38)33(22)37/h5-20,39H,38H2,1-4H3. The Morgan fingerprint density at radius 1 is 0.732 bits per heavy atom. The molecule has 1 N–H and O–H groups in total. The molecule has 3 nitrogen and oxygen atoms in total. The minimum absolute atomic E-state index is 0.507. The van der Waals surface area contributed by atoms with Gasteiger partial charge in [0.15, 0.2) is 11.3 Å². The van der Waals surface area contributed by atoms with E-state index in [1.54, 1.807) is 13.8 Å². The van der Waals surface area contributed by atoms with Gasteiger partial charge in [-0.2, -0.15) is 0 Å². The number of hydrogen-bond acceptors (Lipinski definition) is 3. The molecular weight excluding hydrogens is 503 g/mol. The molecule has 1 unspecified atom stereocenters. The van der Waals surface area contributed by atoms with Gasteiger partial charge in [-0.15, -0.1) is 0 Å². The van der Waals surface area contributed by atoms with Crippen LogP contribution >= 0.6 is 0 Å². The summed E-state index contributed by atoms with van der Waals surface area (Å²) in [6.07, 6.45) is 0. The largest absolute Gasteiger partial charge is 0.481 e. The van der Waals surface area contributed by atoms with Crippen molar-refractivity contribution >= 4 is 35.2 Å². The Morgan fingerprint density at radius 2 is 1.37 bits per heavy atom. The van der Waals surface area contributed by atoms with Crippen molar-refractivity contribution in [2.24, 2.45) is 0 Å². The number of benzene rings is 5. The Bertz CT molecular complexity index is 2060. The lowest BCUT2D eigenvalue weighted by Crippen LogP contribution is -2.49. The van der Waals surface area contributed by atoms with Gasteiger partial charge in [-0.3, -0.25) is 0 Å². The molecule has 2 aliphatic carbocycles. The smallest absolute Gasteiger partial charge is 0.177 e.